The molecule has 9 heteroatoms. The van der Waals surface area contributed by atoms with Crippen LogP contribution in [-0.4, -0.2) is 55.2 Å². The Morgan fingerprint density at radius 2 is 1.83 bits per heavy atom. The van der Waals surface area contributed by atoms with Gasteiger partial charge in [-0.1, -0.05) is 18.7 Å². The number of furan rings is 1. The summed E-state index contributed by atoms with van der Waals surface area (Å²) in [6, 6.07) is 14.2. The number of carbonyl (C=O) groups is 1. The van der Waals surface area contributed by atoms with Gasteiger partial charge >= 0.3 is 0 Å². The van der Waals surface area contributed by atoms with Crippen LogP contribution in [0.25, 0.3) is 0 Å². The maximum Gasteiger partial charge on any atom is 0.287 e. The first-order valence-corrected chi connectivity index (χ1v) is 13.1. The van der Waals surface area contributed by atoms with E-state index in [1.54, 1.807) is 13.2 Å². The SMILES string of the molecule is CCc1cc(N2CCN(c3ccc(OC)cc3)CC2)nc(SCc2ccc(C(=O)NC3CC3)o2)n1. The van der Waals surface area contributed by atoms with Gasteiger partial charge in [0.15, 0.2) is 10.9 Å². The molecule has 1 aromatic carbocycles. The van der Waals surface area contributed by atoms with E-state index in [1.807, 2.05) is 18.2 Å². The van der Waals surface area contributed by atoms with E-state index in [9.17, 15) is 4.79 Å². The Morgan fingerprint density at radius 3 is 2.51 bits per heavy atom. The molecule has 0 unspecified atom stereocenters. The number of aromatic nitrogens is 2. The minimum Gasteiger partial charge on any atom is -0.497 e. The summed E-state index contributed by atoms with van der Waals surface area (Å²) in [4.78, 5) is 26.5. The van der Waals surface area contributed by atoms with Crippen molar-refractivity contribution in [1.82, 2.24) is 15.3 Å². The third-order valence-corrected chi connectivity index (χ3v) is 7.16. The van der Waals surface area contributed by atoms with E-state index in [1.165, 1.54) is 17.4 Å². The molecule has 1 aliphatic heterocycles. The van der Waals surface area contributed by atoms with Crippen LogP contribution in [0.3, 0.4) is 0 Å². The number of rotatable bonds is 9. The maximum atomic E-state index is 12.2. The molecule has 3 heterocycles. The Morgan fingerprint density at radius 1 is 1.09 bits per heavy atom. The first-order valence-electron chi connectivity index (χ1n) is 12.2. The molecule has 184 valence electrons. The third-order valence-electron chi connectivity index (χ3n) is 6.29. The summed E-state index contributed by atoms with van der Waals surface area (Å²) in [5.74, 6) is 3.40. The molecular formula is C26H31N5O3S. The molecule has 2 aliphatic rings. The molecule has 0 spiro atoms. The molecule has 35 heavy (non-hydrogen) atoms. The lowest BCUT2D eigenvalue weighted by Gasteiger charge is -2.37. The summed E-state index contributed by atoms with van der Waals surface area (Å²) in [6.45, 7) is 5.76. The van der Waals surface area contributed by atoms with Crippen LogP contribution in [0, 0.1) is 0 Å². The Kier molecular flexibility index (Phi) is 7.13. The minimum atomic E-state index is -0.135. The van der Waals surface area contributed by atoms with Gasteiger partial charge in [0.2, 0.25) is 0 Å². The molecule has 5 rings (SSSR count). The maximum absolute atomic E-state index is 12.2. The number of nitrogens with zero attached hydrogens (tertiary/aromatic N) is 4. The molecule has 0 bridgehead atoms. The standard InChI is InChI=1S/C26H31N5O3S/c1-3-18-16-24(31-14-12-30(13-15-31)20-6-8-21(33-2)9-7-20)29-26(28-18)35-17-22-10-11-23(34-22)25(32)27-19-4-5-19/h6-11,16,19H,3-5,12-15,17H2,1-2H3,(H,27,32). The van der Waals surface area contributed by atoms with Gasteiger partial charge in [0, 0.05) is 49.7 Å². The van der Waals surface area contributed by atoms with Crippen LogP contribution in [-0.2, 0) is 12.2 Å². The monoisotopic (exact) mass is 493 g/mol. The largest absolute Gasteiger partial charge is 0.497 e. The summed E-state index contributed by atoms with van der Waals surface area (Å²) < 4.78 is 11.0. The molecule has 1 saturated heterocycles. The summed E-state index contributed by atoms with van der Waals surface area (Å²) in [5, 5.41) is 3.69. The number of hydrogen-bond donors (Lipinski definition) is 1. The zero-order chi connectivity index (χ0) is 24.2. The highest BCUT2D eigenvalue weighted by Gasteiger charge is 2.25. The lowest BCUT2D eigenvalue weighted by molar-refractivity contribution is 0.0922. The predicted molar refractivity (Wildman–Crippen MR) is 138 cm³/mol. The zero-order valence-corrected chi connectivity index (χ0v) is 21.0. The van der Waals surface area contributed by atoms with Gasteiger partial charge in [-0.05, 0) is 55.7 Å². The van der Waals surface area contributed by atoms with E-state index in [2.05, 4.69) is 40.2 Å². The van der Waals surface area contributed by atoms with Gasteiger partial charge in [-0.3, -0.25) is 4.79 Å². The topological polar surface area (TPSA) is 83.7 Å². The van der Waals surface area contributed by atoms with E-state index < -0.39 is 0 Å². The van der Waals surface area contributed by atoms with Gasteiger partial charge in [-0.2, -0.15) is 0 Å². The average molecular weight is 494 g/mol. The second-order valence-electron chi connectivity index (χ2n) is 8.83. The van der Waals surface area contributed by atoms with E-state index in [4.69, 9.17) is 19.1 Å². The summed E-state index contributed by atoms with van der Waals surface area (Å²) in [7, 11) is 1.69. The second-order valence-corrected chi connectivity index (χ2v) is 9.77. The molecule has 1 N–H and O–H groups in total. The van der Waals surface area contributed by atoms with Crippen molar-refractivity contribution >= 4 is 29.2 Å². The molecule has 8 nitrogen and oxygen atoms in total. The van der Waals surface area contributed by atoms with Crippen LogP contribution in [0.1, 0.15) is 41.8 Å². The number of amides is 1. The number of hydrogen-bond acceptors (Lipinski definition) is 8. The van der Waals surface area contributed by atoms with E-state index in [-0.39, 0.29) is 5.91 Å². The molecular weight excluding hydrogens is 462 g/mol. The number of thioether (sulfide) groups is 1. The number of methoxy groups -OCH3 is 1. The molecule has 3 aromatic rings. The van der Waals surface area contributed by atoms with Crippen LogP contribution < -0.4 is 19.9 Å². The molecule has 1 saturated carbocycles. The normalized spacial score (nSPS) is 15.8. The minimum absolute atomic E-state index is 0.135. The highest BCUT2D eigenvalue weighted by molar-refractivity contribution is 7.98. The van der Waals surface area contributed by atoms with Crippen molar-refractivity contribution in [3.8, 4) is 5.75 Å². The van der Waals surface area contributed by atoms with Crippen LogP contribution in [0.4, 0.5) is 11.5 Å². The molecule has 0 radical (unpaired) electrons. The third kappa shape index (κ3) is 5.90. The molecule has 2 fully saturated rings. The number of nitrogens with one attached hydrogen (secondary N) is 1. The molecule has 1 amide bonds. The fraction of sp³-hybridized carbons (Fsp3) is 0.423. The Bertz CT molecular complexity index is 1150. The van der Waals surface area contributed by atoms with E-state index in [0.29, 0.717) is 17.6 Å². The van der Waals surface area contributed by atoms with Crippen molar-refractivity contribution in [1.29, 1.82) is 0 Å². The quantitative estimate of drug-likeness (QED) is 0.352. The van der Waals surface area contributed by atoms with Gasteiger partial charge in [0.05, 0.1) is 12.9 Å². The highest BCUT2D eigenvalue weighted by Crippen LogP contribution is 2.27. The van der Waals surface area contributed by atoms with Crippen molar-refractivity contribution < 1.29 is 13.9 Å². The van der Waals surface area contributed by atoms with Gasteiger partial charge in [0.1, 0.15) is 17.3 Å². The van der Waals surface area contributed by atoms with Crippen LogP contribution in [0.15, 0.2) is 52.0 Å². The first kappa shape index (κ1) is 23.5. The van der Waals surface area contributed by atoms with Crippen molar-refractivity contribution in [3.63, 3.8) is 0 Å². The van der Waals surface area contributed by atoms with E-state index >= 15 is 0 Å². The average Bonchev–Trinajstić information content (AvgIpc) is 3.59. The predicted octanol–water partition coefficient (Wildman–Crippen LogP) is 4.15. The number of benzene rings is 1. The first-order chi connectivity index (χ1) is 17.1. The van der Waals surface area contributed by atoms with Crippen molar-refractivity contribution in [2.24, 2.45) is 0 Å². The van der Waals surface area contributed by atoms with Crippen molar-refractivity contribution in [2.75, 3.05) is 43.1 Å². The van der Waals surface area contributed by atoms with Gasteiger partial charge < -0.3 is 24.3 Å². The number of anilines is 2. The van der Waals surface area contributed by atoms with Gasteiger partial charge in [0.25, 0.3) is 5.91 Å². The number of aryl methyl sites for hydroxylation is 1. The zero-order valence-electron chi connectivity index (χ0n) is 20.2. The van der Waals surface area contributed by atoms with E-state index in [0.717, 1.165) is 73.6 Å². The summed E-state index contributed by atoms with van der Waals surface area (Å²) >= 11 is 1.54. The van der Waals surface area contributed by atoms with Crippen LogP contribution >= 0.6 is 11.8 Å². The van der Waals surface area contributed by atoms with Gasteiger partial charge in [-0.25, -0.2) is 9.97 Å². The Labute approximate surface area is 210 Å². The van der Waals surface area contributed by atoms with Crippen molar-refractivity contribution in [3.05, 3.63) is 59.7 Å². The molecule has 2 aromatic heterocycles. The highest BCUT2D eigenvalue weighted by atomic mass is 32.2. The lowest BCUT2D eigenvalue weighted by Crippen LogP contribution is -2.46. The van der Waals surface area contributed by atoms with Crippen molar-refractivity contribution in [2.45, 2.75) is 43.1 Å². The number of piperazine rings is 1. The Balaban J connectivity index is 1.20. The fourth-order valence-electron chi connectivity index (χ4n) is 4.05. The molecule has 1 aliphatic carbocycles. The number of ether oxygens (including phenoxy) is 1. The lowest BCUT2D eigenvalue weighted by atomic mass is 10.2. The smallest absolute Gasteiger partial charge is 0.287 e. The van der Waals surface area contributed by atoms with Gasteiger partial charge in [-0.15, -0.1) is 0 Å². The summed E-state index contributed by atoms with van der Waals surface area (Å²) in [6.07, 6.45) is 2.96. The van der Waals surface area contributed by atoms with Crippen LogP contribution in [0.2, 0.25) is 0 Å². The number of carbonyl (C=O) groups excluding carboxylic acids is 1. The fourth-order valence-corrected chi connectivity index (χ4v) is 4.82. The second kappa shape index (κ2) is 10.6. The summed E-state index contributed by atoms with van der Waals surface area (Å²) in [5.41, 5.74) is 2.24. The Hall–Kier alpha value is -3.20. The van der Waals surface area contributed by atoms with Crippen LogP contribution in [0.5, 0.6) is 5.75 Å². The molecule has 0 atom stereocenters.